The highest BCUT2D eigenvalue weighted by Gasteiger charge is 2.45. The van der Waals surface area contributed by atoms with Gasteiger partial charge in [-0.3, -0.25) is 0 Å². The van der Waals surface area contributed by atoms with Gasteiger partial charge in [-0.1, -0.05) is 74.6 Å². The van der Waals surface area contributed by atoms with Crippen molar-refractivity contribution in [1.82, 2.24) is 0 Å². The zero-order valence-corrected chi connectivity index (χ0v) is 21.1. The highest BCUT2D eigenvalue weighted by Crippen LogP contribution is 2.44. The highest BCUT2D eigenvalue weighted by atomic mass is 16.6. The fourth-order valence-electron chi connectivity index (χ4n) is 5.20. The molecule has 0 amide bonds. The van der Waals surface area contributed by atoms with Crippen LogP contribution in [0.15, 0.2) is 60.7 Å². The third-order valence-electron chi connectivity index (χ3n) is 7.14. The molecule has 1 fully saturated rings. The molecule has 0 bridgehead atoms. The van der Waals surface area contributed by atoms with Crippen molar-refractivity contribution in [3.8, 4) is 5.75 Å². The van der Waals surface area contributed by atoms with Crippen molar-refractivity contribution in [2.75, 3.05) is 18.5 Å². The summed E-state index contributed by atoms with van der Waals surface area (Å²) in [5.41, 5.74) is 2.92. The summed E-state index contributed by atoms with van der Waals surface area (Å²) in [6, 6.07) is 16.8. The first-order valence-electron chi connectivity index (χ1n) is 13.0. The molecule has 4 heteroatoms. The maximum absolute atomic E-state index is 6.65. The Balaban J connectivity index is 1.52. The van der Waals surface area contributed by atoms with E-state index in [-0.39, 0.29) is 12.2 Å². The number of nitrogens with one attached hydrogen (secondary N) is 1. The predicted molar refractivity (Wildman–Crippen MR) is 139 cm³/mol. The van der Waals surface area contributed by atoms with E-state index in [2.05, 4.69) is 61.6 Å². The first-order chi connectivity index (χ1) is 16.6. The average molecular weight is 464 g/mol. The second-order valence-electron chi connectivity index (χ2n) is 10.2. The first kappa shape index (κ1) is 24.8. The van der Waals surface area contributed by atoms with E-state index in [0.717, 1.165) is 42.5 Å². The van der Waals surface area contributed by atoms with Crippen LogP contribution in [0, 0.1) is 5.92 Å². The van der Waals surface area contributed by atoms with E-state index in [0.29, 0.717) is 6.61 Å². The molecule has 0 aromatic heterocycles. The fraction of sp³-hybridized carbons (Fsp3) is 0.533. The third-order valence-corrected chi connectivity index (χ3v) is 7.14. The smallest absolute Gasteiger partial charge is 0.132 e. The molecule has 0 radical (unpaired) electrons. The normalized spacial score (nSPS) is 22.3. The number of anilines is 1. The summed E-state index contributed by atoms with van der Waals surface area (Å²) in [7, 11) is 0. The Morgan fingerprint density at radius 3 is 2.59 bits per heavy atom. The number of hydrogen-bond donors (Lipinski definition) is 1. The second-order valence-corrected chi connectivity index (χ2v) is 10.2. The van der Waals surface area contributed by atoms with Crippen LogP contribution in [0.2, 0.25) is 0 Å². The quantitative estimate of drug-likeness (QED) is 0.371. The zero-order chi connectivity index (χ0) is 23.8. The summed E-state index contributed by atoms with van der Waals surface area (Å²) in [6.45, 7) is 8.32. The third kappa shape index (κ3) is 6.43. The maximum atomic E-state index is 6.65. The van der Waals surface area contributed by atoms with Gasteiger partial charge in [0.05, 0.1) is 6.61 Å². The van der Waals surface area contributed by atoms with Gasteiger partial charge >= 0.3 is 0 Å². The Hall–Kier alpha value is -2.30. The molecule has 1 aliphatic carbocycles. The standard InChI is InChI=1S/C30H41NO3/c1-4-5-19-33-29-28(32-20-18-23-12-8-6-9-13-23)26-21-25(16-17-27(26)34-30(29,2)3)31-22-24-14-10-7-11-15-24/h4-5,7,10-11,14-17,21,23,28-29,31H,6,8-9,12-13,18-20,22H2,1-3H3/b5-4+. The van der Waals surface area contributed by atoms with Crippen LogP contribution in [-0.4, -0.2) is 24.9 Å². The van der Waals surface area contributed by atoms with E-state index < -0.39 is 5.60 Å². The molecule has 2 aromatic rings. The van der Waals surface area contributed by atoms with Crippen LogP contribution >= 0.6 is 0 Å². The van der Waals surface area contributed by atoms with E-state index in [1.807, 2.05) is 25.1 Å². The summed E-state index contributed by atoms with van der Waals surface area (Å²) in [5.74, 6) is 1.69. The fourth-order valence-corrected chi connectivity index (χ4v) is 5.20. The van der Waals surface area contributed by atoms with Crippen molar-refractivity contribution in [2.45, 2.75) is 83.6 Å². The minimum atomic E-state index is -0.483. The van der Waals surface area contributed by atoms with Gasteiger partial charge in [-0.25, -0.2) is 0 Å². The van der Waals surface area contributed by atoms with Gasteiger partial charge in [0.25, 0.3) is 0 Å². The molecule has 1 aliphatic heterocycles. The van der Waals surface area contributed by atoms with Gasteiger partial charge in [0.2, 0.25) is 0 Å². The number of benzene rings is 2. The van der Waals surface area contributed by atoms with Gasteiger partial charge in [-0.05, 0) is 56.9 Å². The number of fused-ring (bicyclic) bond motifs is 1. The van der Waals surface area contributed by atoms with Crippen LogP contribution in [0.4, 0.5) is 5.69 Å². The number of rotatable bonds is 10. The molecule has 0 spiro atoms. The largest absolute Gasteiger partial charge is 0.485 e. The van der Waals surface area contributed by atoms with Crippen molar-refractivity contribution in [3.05, 3.63) is 71.8 Å². The molecule has 0 saturated heterocycles. The molecule has 2 aromatic carbocycles. The lowest BCUT2D eigenvalue weighted by atomic mass is 9.86. The van der Waals surface area contributed by atoms with Crippen molar-refractivity contribution in [2.24, 2.45) is 5.92 Å². The lowest BCUT2D eigenvalue weighted by Gasteiger charge is -2.44. The van der Waals surface area contributed by atoms with Crippen molar-refractivity contribution < 1.29 is 14.2 Å². The molecule has 1 saturated carbocycles. The highest BCUT2D eigenvalue weighted by molar-refractivity contribution is 5.53. The number of ether oxygens (including phenoxy) is 3. The Morgan fingerprint density at radius 1 is 1.03 bits per heavy atom. The summed E-state index contributed by atoms with van der Waals surface area (Å²) < 4.78 is 19.5. The molecular weight excluding hydrogens is 422 g/mol. The van der Waals surface area contributed by atoms with Gasteiger partial charge in [0.1, 0.15) is 23.6 Å². The number of allylic oxidation sites excluding steroid dienone is 1. The summed E-state index contributed by atoms with van der Waals surface area (Å²) in [6.07, 6.45) is 11.6. The zero-order valence-electron chi connectivity index (χ0n) is 21.1. The van der Waals surface area contributed by atoms with Crippen LogP contribution in [0.1, 0.15) is 76.5 Å². The molecule has 4 nitrogen and oxygen atoms in total. The molecule has 2 atom stereocenters. The molecule has 1 N–H and O–H groups in total. The van der Waals surface area contributed by atoms with E-state index in [4.69, 9.17) is 14.2 Å². The van der Waals surface area contributed by atoms with Crippen LogP contribution in [-0.2, 0) is 16.0 Å². The van der Waals surface area contributed by atoms with E-state index >= 15 is 0 Å². The van der Waals surface area contributed by atoms with Crippen molar-refractivity contribution in [1.29, 1.82) is 0 Å². The topological polar surface area (TPSA) is 39.7 Å². The molecule has 2 unspecified atom stereocenters. The van der Waals surface area contributed by atoms with Crippen LogP contribution < -0.4 is 10.1 Å². The Kier molecular flexibility index (Phi) is 8.69. The lowest BCUT2D eigenvalue weighted by molar-refractivity contribution is -0.158. The number of hydrogen-bond acceptors (Lipinski definition) is 4. The van der Waals surface area contributed by atoms with Crippen molar-refractivity contribution in [3.63, 3.8) is 0 Å². The van der Waals surface area contributed by atoms with Crippen molar-refractivity contribution >= 4 is 5.69 Å². The monoisotopic (exact) mass is 463 g/mol. The van der Waals surface area contributed by atoms with Crippen LogP contribution in [0.25, 0.3) is 0 Å². The summed E-state index contributed by atoms with van der Waals surface area (Å²) >= 11 is 0. The summed E-state index contributed by atoms with van der Waals surface area (Å²) in [4.78, 5) is 0. The Morgan fingerprint density at radius 2 is 1.82 bits per heavy atom. The predicted octanol–water partition coefficient (Wildman–Crippen LogP) is 7.46. The minimum absolute atomic E-state index is 0.161. The molecule has 34 heavy (non-hydrogen) atoms. The Bertz CT molecular complexity index is 918. The van der Waals surface area contributed by atoms with Crippen LogP contribution in [0.3, 0.4) is 0 Å². The Labute approximate surface area is 205 Å². The van der Waals surface area contributed by atoms with E-state index in [1.54, 1.807) is 0 Å². The van der Waals surface area contributed by atoms with Gasteiger partial charge in [0, 0.05) is 24.4 Å². The maximum Gasteiger partial charge on any atom is 0.132 e. The molecule has 2 aliphatic rings. The minimum Gasteiger partial charge on any atom is -0.485 e. The van der Waals surface area contributed by atoms with Gasteiger partial charge in [0.15, 0.2) is 0 Å². The SMILES string of the molecule is C/C=C/COC1C(OCCC2CCCCC2)c2cc(NCc3ccccc3)ccc2OC1(C)C. The summed E-state index contributed by atoms with van der Waals surface area (Å²) in [5, 5.41) is 3.56. The van der Waals surface area contributed by atoms with Crippen LogP contribution in [0.5, 0.6) is 5.75 Å². The second kappa shape index (κ2) is 11.9. The average Bonchev–Trinajstić information content (AvgIpc) is 2.85. The van der Waals surface area contributed by atoms with Gasteiger partial charge < -0.3 is 19.5 Å². The van der Waals surface area contributed by atoms with Gasteiger partial charge in [-0.15, -0.1) is 0 Å². The van der Waals surface area contributed by atoms with E-state index in [9.17, 15) is 0 Å². The lowest BCUT2D eigenvalue weighted by Crippen LogP contribution is -2.51. The first-order valence-corrected chi connectivity index (χ1v) is 13.0. The molecule has 184 valence electrons. The van der Waals surface area contributed by atoms with Gasteiger partial charge in [-0.2, -0.15) is 0 Å². The molecular formula is C30H41NO3. The molecule has 4 rings (SSSR count). The van der Waals surface area contributed by atoms with E-state index in [1.165, 1.54) is 37.7 Å². The molecule has 1 heterocycles.